The molecule has 0 saturated carbocycles. The van der Waals surface area contributed by atoms with Crippen molar-refractivity contribution in [1.82, 2.24) is 0 Å². The molecular weight excluding hydrogens is 342 g/mol. The van der Waals surface area contributed by atoms with E-state index in [1.165, 1.54) is 16.9 Å². The molecule has 0 radical (unpaired) electrons. The maximum atomic E-state index is 6.24. The van der Waals surface area contributed by atoms with Gasteiger partial charge in [-0.3, -0.25) is 0 Å². The third-order valence-electron chi connectivity index (χ3n) is 5.03. The lowest BCUT2D eigenvalue weighted by molar-refractivity contribution is 0.414. The Morgan fingerprint density at radius 3 is 2.73 bits per heavy atom. The number of benzene rings is 2. The molecule has 2 aromatic rings. The average Bonchev–Trinajstić information content (AvgIpc) is 3.18. The molecular formula is C21H25N3OS. The smallest absolute Gasteiger partial charge is 0.121 e. The van der Waals surface area contributed by atoms with Gasteiger partial charge in [-0.2, -0.15) is 0 Å². The van der Waals surface area contributed by atoms with E-state index in [0.717, 1.165) is 31.7 Å². The maximum absolute atomic E-state index is 6.24. The van der Waals surface area contributed by atoms with Gasteiger partial charge in [0, 0.05) is 31.4 Å². The highest BCUT2D eigenvalue weighted by molar-refractivity contribution is 8.02. The van der Waals surface area contributed by atoms with Crippen molar-refractivity contribution in [3.63, 3.8) is 0 Å². The monoisotopic (exact) mass is 367 g/mol. The van der Waals surface area contributed by atoms with Crippen LogP contribution in [0.4, 0.5) is 11.4 Å². The molecule has 1 fully saturated rings. The zero-order valence-corrected chi connectivity index (χ0v) is 15.9. The van der Waals surface area contributed by atoms with Crippen LogP contribution < -0.4 is 20.3 Å². The Morgan fingerprint density at radius 2 is 1.96 bits per heavy atom. The highest BCUT2D eigenvalue weighted by Gasteiger charge is 2.28. The summed E-state index contributed by atoms with van der Waals surface area (Å²) in [5.74, 6) is 0.877. The summed E-state index contributed by atoms with van der Waals surface area (Å²) < 4.78 is 5.52. The van der Waals surface area contributed by atoms with E-state index in [2.05, 4.69) is 63.9 Å². The number of thioether (sulfide) groups is 1. The van der Waals surface area contributed by atoms with E-state index in [9.17, 15) is 0 Å². The van der Waals surface area contributed by atoms with Gasteiger partial charge in [-0.15, -0.1) is 11.8 Å². The largest absolute Gasteiger partial charge is 0.497 e. The number of rotatable bonds is 4. The highest BCUT2D eigenvalue weighted by atomic mass is 32.2. The molecule has 2 aliphatic rings. The normalized spacial score (nSPS) is 22.7. The van der Waals surface area contributed by atoms with E-state index < -0.39 is 0 Å². The molecule has 0 aromatic heterocycles. The van der Waals surface area contributed by atoms with Crippen molar-refractivity contribution in [1.29, 1.82) is 0 Å². The number of piperidine rings is 1. The molecule has 4 rings (SSSR count). The lowest BCUT2D eigenvalue weighted by Crippen LogP contribution is -2.43. The van der Waals surface area contributed by atoms with Crippen LogP contribution in [0, 0.1) is 0 Å². The number of methoxy groups -OCH3 is 1. The van der Waals surface area contributed by atoms with E-state index in [1.807, 2.05) is 17.8 Å². The van der Waals surface area contributed by atoms with Gasteiger partial charge in [0.05, 0.1) is 18.5 Å². The summed E-state index contributed by atoms with van der Waals surface area (Å²) in [6.45, 7) is 1.95. The van der Waals surface area contributed by atoms with Crippen LogP contribution in [-0.4, -0.2) is 26.2 Å². The number of nitrogens with two attached hydrogens (primary N) is 1. The molecule has 4 nitrogen and oxygen atoms in total. The van der Waals surface area contributed by atoms with Gasteiger partial charge in [0.15, 0.2) is 0 Å². The molecule has 5 heteroatoms. The Morgan fingerprint density at radius 1 is 1.12 bits per heavy atom. The molecule has 0 spiro atoms. The van der Waals surface area contributed by atoms with Crippen molar-refractivity contribution in [3.05, 3.63) is 65.7 Å². The summed E-state index contributed by atoms with van der Waals surface area (Å²) in [4.78, 5) is 4.76. The Bertz CT molecular complexity index is 780. The molecule has 136 valence electrons. The SMILES string of the molecule is COc1ccc(N2CCCC(N)C2)c(N2C=CSC2c2ccccc2)c1. The second kappa shape index (κ2) is 7.64. The minimum absolute atomic E-state index is 0.237. The van der Waals surface area contributed by atoms with Crippen LogP contribution >= 0.6 is 11.8 Å². The van der Waals surface area contributed by atoms with Crippen LogP contribution in [-0.2, 0) is 0 Å². The second-order valence-corrected chi connectivity index (χ2v) is 7.79. The van der Waals surface area contributed by atoms with Crippen molar-refractivity contribution in [2.45, 2.75) is 24.3 Å². The van der Waals surface area contributed by atoms with Crippen LogP contribution in [0.2, 0.25) is 0 Å². The van der Waals surface area contributed by atoms with Gasteiger partial charge in [-0.05, 0) is 35.9 Å². The molecule has 1 saturated heterocycles. The first-order chi connectivity index (χ1) is 12.8. The lowest BCUT2D eigenvalue weighted by atomic mass is 10.0. The Balaban J connectivity index is 1.72. The van der Waals surface area contributed by atoms with Gasteiger partial charge in [0.2, 0.25) is 0 Å². The van der Waals surface area contributed by atoms with Crippen LogP contribution in [0.3, 0.4) is 0 Å². The first-order valence-corrected chi connectivity index (χ1v) is 10.0. The summed E-state index contributed by atoms with van der Waals surface area (Å²) in [5.41, 5.74) is 9.95. The molecule has 0 aliphatic carbocycles. The zero-order valence-electron chi connectivity index (χ0n) is 15.0. The molecule has 26 heavy (non-hydrogen) atoms. The summed E-state index contributed by atoms with van der Waals surface area (Å²) in [5, 5.41) is 2.41. The average molecular weight is 368 g/mol. The maximum Gasteiger partial charge on any atom is 0.121 e. The summed E-state index contributed by atoms with van der Waals surface area (Å²) in [6, 6.07) is 17.2. The van der Waals surface area contributed by atoms with E-state index in [1.54, 1.807) is 7.11 Å². The molecule has 0 amide bonds. The first kappa shape index (κ1) is 17.3. The minimum atomic E-state index is 0.237. The number of hydrogen-bond donors (Lipinski definition) is 1. The van der Waals surface area contributed by atoms with E-state index in [-0.39, 0.29) is 11.4 Å². The third-order valence-corrected chi connectivity index (χ3v) is 6.06. The zero-order chi connectivity index (χ0) is 17.9. The van der Waals surface area contributed by atoms with Gasteiger partial charge in [0.1, 0.15) is 11.1 Å². The fourth-order valence-electron chi connectivity index (χ4n) is 3.72. The summed E-state index contributed by atoms with van der Waals surface area (Å²) in [7, 11) is 1.72. The molecule has 2 heterocycles. The molecule has 2 aromatic carbocycles. The third kappa shape index (κ3) is 3.41. The van der Waals surface area contributed by atoms with Gasteiger partial charge < -0.3 is 20.3 Å². The van der Waals surface area contributed by atoms with E-state index in [0.29, 0.717) is 0 Å². The van der Waals surface area contributed by atoms with Crippen molar-refractivity contribution in [3.8, 4) is 5.75 Å². The van der Waals surface area contributed by atoms with Crippen molar-refractivity contribution in [2.75, 3.05) is 30.0 Å². The predicted octanol–water partition coefficient (Wildman–Crippen LogP) is 4.35. The van der Waals surface area contributed by atoms with Gasteiger partial charge in [0.25, 0.3) is 0 Å². The molecule has 0 bridgehead atoms. The molecule has 2 N–H and O–H groups in total. The standard InChI is InChI=1S/C21H25N3OS/c1-25-18-9-10-19(23-11-5-8-17(22)15-23)20(14-18)24-12-13-26-21(24)16-6-3-2-4-7-16/h2-4,6-7,9-10,12-14,17,21H,5,8,11,15,22H2,1H3. The van der Waals surface area contributed by atoms with Crippen molar-refractivity contribution in [2.24, 2.45) is 5.73 Å². The minimum Gasteiger partial charge on any atom is -0.497 e. The Hall–Kier alpha value is -2.11. The quantitative estimate of drug-likeness (QED) is 0.870. The van der Waals surface area contributed by atoms with Crippen molar-refractivity contribution < 1.29 is 4.74 Å². The Kier molecular flexibility index (Phi) is 5.09. The summed E-state index contributed by atoms with van der Waals surface area (Å²) >= 11 is 1.83. The topological polar surface area (TPSA) is 41.7 Å². The van der Waals surface area contributed by atoms with Gasteiger partial charge in [-0.25, -0.2) is 0 Å². The van der Waals surface area contributed by atoms with E-state index in [4.69, 9.17) is 10.5 Å². The predicted molar refractivity (Wildman–Crippen MR) is 111 cm³/mol. The Labute approximate surface area is 159 Å². The number of anilines is 2. The number of nitrogens with zero attached hydrogens (tertiary/aromatic N) is 2. The van der Waals surface area contributed by atoms with Gasteiger partial charge >= 0.3 is 0 Å². The fraction of sp³-hybridized carbons (Fsp3) is 0.333. The second-order valence-electron chi connectivity index (χ2n) is 6.79. The van der Waals surface area contributed by atoms with Crippen molar-refractivity contribution >= 4 is 23.1 Å². The number of hydrogen-bond acceptors (Lipinski definition) is 5. The van der Waals surface area contributed by atoms with Crippen LogP contribution in [0.1, 0.15) is 23.8 Å². The van der Waals surface area contributed by atoms with Crippen LogP contribution in [0.25, 0.3) is 0 Å². The van der Waals surface area contributed by atoms with Crippen LogP contribution in [0.15, 0.2) is 60.1 Å². The lowest BCUT2D eigenvalue weighted by Gasteiger charge is -2.36. The van der Waals surface area contributed by atoms with Gasteiger partial charge in [-0.1, -0.05) is 30.3 Å². The van der Waals surface area contributed by atoms with E-state index >= 15 is 0 Å². The fourth-order valence-corrected chi connectivity index (χ4v) is 4.70. The highest BCUT2D eigenvalue weighted by Crippen LogP contribution is 2.46. The molecule has 2 atom stereocenters. The molecule has 2 unspecified atom stereocenters. The number of ether oxygens (including phenoxy) is 1. The first-order valence-electron chi connectivity index (χ1n) is 9.10. The molecule has 2 aliphatic heterocycles. The van der Waals surface area contributed by atoms with Crippen LogP contribution in [0.5, 0.6) is 5.75 Å². The summed E-state index contributed by atoms with van der Waals surface area (Å²) in [6.07, 6.45) is 4.41.